The molecule has 2 aromatic rings. The Balaban J connectivity index is 1.88. The summed E-state index contributed by atoms with van der Waals surface area (Å²) < 4.78 is 0. The van der Waals surface area contributed by atoms with Gasteiger partial charge in [0.2, 0.25) is 0 Å². The number of halogens is 1. The highest BCUT2D eigenvalue weighted by Crippen LogP contribution is 2.25. The number of fused-ring (bicyclic) bond motifs is 1. The minimum Gasteiger partial charge on any atom is -0.508 e. The molecule has 5 nitrogen and oxygen atoms in total. The molecular weight excluding hydrogens is 322 g/mol. The molecule has 0 radical (unpaired) electrons. The van der Waals surface area contributed by atoms with Gasteiger partial charge in [0.25, 0.3) is 5.91 Å². The monoisotopic (exact) mass is 335 g/mol. The molecule has 0 fully saturated rings. The second-order valence-corrected chi connectivity index (χ2v) is 6.16. The van der Waals surface area contributed by atoms with E-state index in [1.165, 1.54) is 18.0 Å². The molecule has 3 rings (SSSR count). The third kappa shape index (κ3) is 2.89. The number of hydrogen-bond acceptors (Lipinski definition) is 5. The number of rotatable bonds is 2. The van der Waals surface area contributed by atoms with Crippen LogP contribution in [-0.4, -0.2) is 38.7 Å². The number of phenolic OH excluding ortho intramolecular Hbond substituents is 1. The first kappa shape index (κ1) is 15.1. The van der Waals surface area contributed by atoms with Gasteiger partial charge in [-0.3, -0.25) is 4.79 Å². The largest absolute Gasteiger partial charge is 0.508 e. The second kappa shape index (κ2) is 6.14. The zero-order chi connectivity index (χ0) is 15.7. The third-order valence-corrected chi connectivity index (χ3v) is 4.43. The summed E-state index contributed by atoms with van der Waals surface area (Å²) in [6.07, 6.45) is 4.05. The molecule has 1 aliphatic heterocycles. The number of carbonyl (C=O) groups is 1. The Morgan fingerprint density at radius 1 is 1.41 bits per heavy atom. The van der Waals surface area contributed by atoms with Gasteiger partial charge in [-0.1, -0.05) is 29.4 Å². The first-order valence-corrected chi connectivity index (χ1v) is 8.35. The summed E-state index contributed by atoms with van der Waals surface area (Å²) in [5.41, 5.74) is 2.33. The molecule has 114 valence electrons. The molecule has 1 aromatic heterocycles. The van der Waals surface area contributed by atoms with Crippen LogP contribution in [0.25, 0.3) is 0 Å². The lowest BCUT2D eigenvalue weighted by Crippen LogP contribution is -2.36. The van der Waals surface area contributed by atoms with Crippen molar-refractivity contribution in [1.29, 1.82) is 0 Å². The van der Waals surface area contributed by atoms with Crippen LogP contribution >= 0.6 is 23.4 Å². The summed E-state index contributed by atoms with van der Waals surface area (Å²) in [4.78, 5) is 22.6. The smallest absolute Gasteiger partial charge is 0.274 e. The number of thioether (sulfide) groups is 1. The van der Waals surface area contributed by atoms with E-state index in [1.807, 2.05) is 12.3 Å². The predicted octanol–water partition coefficient (Wildman–Crippen LogP) is 2.76. The Labute approximate surface area is 137 Å². The fourth-order valence-electron chi connectivity index (χ4n) is 2.47. The molecular formula is C15H14ClN3O2S. The van der Waals surface area contributed by atoms with Gasteiger partial charge in [-0.2, -0.15) is 0 Å². The zero-order valence-corrected chi connectivity index (χ0v) is 13.5. The van der Waals surface area contributed by atoms with Crippen molar-refractivity contribution in [3.63, 3.8) is 0 Å². The maximum Gasteiger partial charge on any atom is 0.274 e. The van der Waals surface area contributed by atoms with Crippen molar-refractivity contribution in [2.45, 2.75) is 18.1 Å². The first-order valence-electron chi connectivity index (χ1n) is 6.75. The van der Waals surface area contributed by atoms with Gasteiger partial charge in [0.1, 0.15) is 5.75 Å². The van der Waals surface area contributed by atoms with E-state index in [-0.39, 0.29) is 22.4 Å². The van der Waals surface area contributed by atoms with Crippen molar-refractivity contribution in [3.05, 3.63) is 46.2 Å². The fourth-order valence-corrected chi connectivity index (χ4v) is 2.98. The average Bonchev–Trinajstić information content (AvgIpc) is 2.54. The van der Waals surface area contributed by atoms with Crippen molar-refractivity contribution < 1.29 is 9.90 Å². The Morgan fingerprint density at radius 3 is 3.00 bits per heavy atom. The summed E-state index contributed by atoms with van der Waals surface area (Å²) >= 11 is 7.43. The molecule has 2 heterocycles. The van der Waals surface area contributed by atoms with E-state index in [2.05, 4.69) is 9.97 Å². The highest BCUT2D eigenvalue weighted by Gasteiger charge is 2.25. The number of nitrogens with zero attached hydrogens (tertiary/aromatic N) is 3. The van der Waals surface area contributed by atoms with Gasteiger partial charge in [-0.25, -0.2) is 9.97 Å². The van der Waals surface area contributed by atoms with Crippen molar-refractivity contribution >= 4 is 29.3 Å². The number of benzene rings is 1. The van der Waals surface area contributed by atoms with Crippen LogP contribution in [0.1, 0.15) is 21.6 Å². The zero-order valence-electron chi connectivity index (χ0n) is 11.9. The Kier molecular flexibility index (Phi) is 4.22. The molecule has 1 amide bonds. The van der Waals surface area contributed by atoms with Crippen molar-refractivity contribution in [2.75, 3.05) is 12.8 Å². The Morgan fingerprint density at radius 2 is 2.23 bits per heavy atom. The molecule has 0 atom stereocenters. The SMILES string of the molecule is CSc1ncc(Cl)c(C(=O)N2CCc3ccc(O)cc3C2)n1. The molecule has 1 N–H and O–H groups in total. The van der Waals surface area contributed by atoms with E-state index >= 15 is 0 Å². The van der Waals surface area contributed by atoms with Gasteiger partial charge in [0.05, 0.1) is 11.2 Å². The Bertz CT molecular complexity index is 739. The second-order valence-electron chi connectivity index (χ2n) is 4.98. The highest BCUT2D eigenvalue weighted by molar-refractivity contribution is 7.98. The molecule has 0 unspecified atom stereocenters. The van der Waals surface area contributed by atoms with Crippen LogP contribution in [0.2, 0.25) is 5.02 Å². The molecule has 1 aromatic carbocycles. The van der Waals surface area contributed by atoms with Crippen molar-refractivity contribution in [1.82, 2.24) is 14.9 Å². The molecule has 0 saturated heterocycles. The van der Waals surface area contributed by atoms with E-state index in [0.29, 0.717) is 18.2 Å². The van der Waals surface area contributed by atoms with Crippen LogP contribution in [-0.2, 0) is 13.0 Å². The normalized spacial score (nSPS) is 13.8. The van der Waals surface area contributed by atoms with Crippen molar-refractivity contribution in [2.24, 2.45) is 0 Å². The number of hydrogen-bond donors (Lipinski definition) is 1. The average molecular weight is 336 g/mol. The predicted molar refractivity (Wildman–Crippen MR) is 85.4 cm³/mol. The van der Waals surface area contributed by atoms with Crippen molar-refractivity contribution in [3.8, 4) is 5.75 Å². The van der Waals surface area contributed by atoms with E-state index < -0.39 is 0 Å². The van der Waals surface area contributed by atoms with Crippen LogP contribution in [0.5, 0.6) is 5.75 Å². The molecule has 0 saturated carbocycles. The summed E-state index contributed by atoms with van der Waals surface area (Å²) in [6, 6.07) is 5.27. The number of phenols is 1. The molecule has 1 aliphatic rings. The fraction of sp³-hybridized carbons (Fsp3) is 0.267. The van der Waals surface area contributed by atoms with Crippen LogP contribution in [0.15, 0.2) is 29.6 Å². The first-order chi connectivity index (χ1) is 10.6. The third-order valence-electron chi connectivity index (χ3n) is 3.60. The van der Waals surface area contributed by atoms with Crippen LogP contribution in [0, 0.1) is 0 Å². The van der Waals surface area contributed by atoms with Gasteiger partial charge < -0.3 is 10.0 Å². The van der Waals surface area contributed by atoms with Crippen LogP contribution in [0.3, 0.4) is 0 Å². The topological polar surface area (TPSA) is 66.3 Å². The number of amides is 1. The lowest BCUT2D eigenvalue weighted by molar-refractivity contribution is 0.0727. The molecule has 22 heavy (non-hydrogen) atoms. The lowest BCUT2D eigenvalue weighted by Gasteiger charge is -2.29. The summed E-state index contributed by atoms with van der Waals surface area (Å²) in [5, 5.41) is 10.4. The maximum atomic E-state index is 12.7. The minimum atomic E-state index is -0.211. The number of aromatic hydroxyl groups is 1. The molecule has 0 aliphatic carbocycles. The maximum absolute atomic E-state index is 12.7. The lowest BCUT2D eigenvalue weighted by atomic mass is 9.99. The van der Waals surface area contributed by atoms with Gasteiger partial charge in [-0.15, -0.1) is 0 Å². The molecule has 0 bridgehead atoms. The quantitative estimate of drug-likeness (QED) is 0.675. The van der Waals surface area contributed by atoms with Gasteiger partial charge >= 0.3 is 0 Å². The summed E-state index contributed by atoms with van der Waals surface area (Å²) in [7, 11) is 0. The number of aromatic nitrogens is 2. The van der Waals surface area contributed by atoms with E-state index in [4.69, 9.17) is 11.6 Å². The van der Waals surface area contributed by atoms with Gasteiger partial charge in [0, 0.05) is 13.1 Å². The highest BCUT2D eigenvalue weighted by atomic mass is 35.5. The van der Waals surface area contributed by atoms with E-state index in [9.17, 15) is 9.90 Å². The summed E-state index contributed by atoms with van der Waals surface area (Å²) in [6.45, 7) is 1.04. The van der Waals surface area contributed by atoms with Crippen LogP contribution < -0.4 is 0 Å². The summed E-state index contributed by atoms with van der Waals surface area (Å²) in [5.74, 6) is -0.00511. The van der Waals surface area contributed by atoms with Crippen LogP contribution in [0.4, 0.5) is 0 Å². The van der Waals surface area contributed by atoms with Gasteiger partial charge in [-0.05, 0) is 35.9 Å². The number of carbonyl (C=O) groups excluding carboxylic acids is 1. The van der Waals surface area contributed by atoms with Gasteiger partial charge in [0.15, 0.2) is 10.9 Å². The minimum absolute atomic E-state index is 0.206. The molecule has 0 spiro atoms. The van der Waals surface area contributed by atoms with E-state index in [1.54, 1.807) is 17.0 Å². The Hall–Kier alpha value is -1.79. The standard InChI is InChI=1S/C15H14ClN3O2S/c1-22-15-17-7-12(16)13(18-15)14(21)19-5-4-9-2-3-11(20)6-10(9)8-19/h2-3,6-7,20H,4-5,8H2,1H3. The molecule has 7 heteroatoms. The van der Waals surface area contributed by atoms with E-state index in [0.717, 1.165) is 17.5 Å².